The molecule has 1 heterocycles. The molecule has 2 rings (SSSR count). The molecular formula is C15H17FN2O2S. The number of hydrogen-bond donors (Lipinski definition) is 1. The maximum atomic E-state index is 13.2. The Morgan fingerprint density at radius 3 is 2.86 bits per heavy atom. The van der Waals surface area contributed by atoms with Gasteiger partial charge in [-0.05, 0) is 30.7 Å². The third-order valence-electron chi connectivity index (χ3n) is 2.89. The molecule has 0 unspecified atom stereocenters. The highest BCUT2D eigenvalue weighted by molar-refractivity contribution is 7.18. The van der Waals surface area contributed by atoms with Crippen LogP contribution < -0.4 is 10.6 Å². The molecule has 0 bridgehead atoms. The van der Waals surface area contributed by atoms with Crippen LogP contribution in [0.3, 0.4) is 0 Å². The number of ether oxygens (including phenoxy) is 1. The summed E-state index contributed by atoms with van der Waals surface area (Å²) in [5, 5.41) is 0.833. The topological polar surface area (TPSA) is 55.6 Å². The molecule has 0 aliphatic carbocycles. The van der Waals surface area contributed by atoms with Gasteiger partial charge in [0.25, 0.3) is 0 Å². The maximum Gasteiger partial charge on any atom is 0.350 e. The lowest BCUT2D eigenvalue weighted by Crippen LogP contribution is -2.15. The highest BCUT2D eigenvalue weighted by Gasteiger charge is 2.17. The second-order valence-electron chi connectivity index (χ2n) is 4.58. The van der Waals surface area contributed by atoms with Crippen LogP contribution >= 0.6 is 11.3 Å². The van der Waals surface area contributed by atoms with Gasteiger partial charge < -0.3 is 15.4 Å². The summed E-state index contributed by atoms with van der Waals surface area (Å²) in [6.45, 7) is 2.59. The van der Waals surface area contributed by atoms with Crippen LogP contribution in [0.4, 0.5) is 15.1 Å². The van der Waals surface area contributed by atoms with Crippen molar-refractivity contribution in [1.29, 1.82) is 0 Å². The maximum absolute atomic E-state index is 13.2. The summed E-state index contributed by atoms with van der Waals surface area (Å²) < 4.78 is 18.1. The standard InChI is InChI=1S/C15H17FN2O2S/c1-3-20-15(19)14-12(17)8-13(21-14)18(2)9-10-5-4-6-11(16)7-10/h4-8H,3,9,17H2,1-2H3. The van der Waals surface area contributed by atoms with Crippen LogP contribution in [0, 0.1) is 5.82 Å². The Labute approximate surface area is 126 Å². The van der Waals surface area contributed by atoms with Gasteiger partial charge in [0, 0.05) is 13.6 Å². The van der Waals surface area contributed by atoms with Gasteiger partial charge in [0.1, 0.15) is 10.7 Å². The number of benzene rings is 1. The molecule has 0 saturated heterocycles. The smallest absolute Gasteiger partial charge is 0.350 e. The molecule has 1 aromatic carbocycles. The largest absolute Gasteiger partial charge is 0.462 e. The van der Waals surface area contributed by atoms with Gasteiger partial charge in [-0.1, -0.05) is 12.1 Å². The van der Waals surface area contributed by atoms with Crippen molar-refractivity contribution >= 4 is 28.0 Å². The van der Waals surface area contributed by atoms with Crippen molar-refractivity contribution in [1.82, 2.24) is 0 Å². The van der Waals surface area contributed by atoms with E-state index in [0.717, 1.165) is 10.6 Å². The molecule has 4 nitrogen and oxygen atoms in total. The fourth-order valence-electron chi connectivity index (χ4n) is 1.92. The second-order valence-corrected chi connectivity index (χ2v) is 5.61. The first-order valence-corrected chi connectivity index (χ1v) is 7.35. The van der Waals surface area contributed by atoms with Crippen LogP contribution in [0.25, 0.3) is 0 Å². The number of anilines is 2. The van der Waals surface area contributed by atoms with Gasteiger partial charge in [-0.3, -0.25) is 0 Å². The number of carbonyl (C=O) groups excluding carboxylic acids is 1. The van der Waals surface area contributed by atoms with Crippen molar-refractivity contribution in [2.24, 2.45) is 0 Å². The van der Waals surface area contributed by atoms with Gasteiger partial charge in [-0.2, -0.15) is 0 Å². The highest BCUT2D eigenvalue weighted by Crippen LogP contribution is 2.32. The van der Waals surface area contributed by atoms with Gasteiger partial charge in [0.15, 0.2) is 0 Å². The first-order chi connectivity index (χ1) is 10.0. The van der Waals surface area contributed by atoms with Crippen molar-refractivity contribution in [2.75, 3.05) is 24.3 Å². The normalized spacial score (nSPS) is 10.4. The van der Waals surface area contributed by atoms with Crippen LogP contribution in [0.1, 0.15) is 22.2 Å². The zero-order chi connectivity index (χ0) is 15.4. The van der Waals surface area contributed by atoms with Crippen LogP contribution in [0.2, 0.25) is 0 Å². The average molecular weight is 308 g/mol. The number of hydrogen-bond acceptors (Lipinski definition) is 5. The first kappa shape index (κ1) is 15.3. The number of carbonyl (C=O) groups is 1. The van der Waals surface area contributed by atoms with E-state index in [-0.39, 0.29) is 5.82 Å². The Bertz CT molecular complexity index is 642. The number of rotatable bonds is 5. The predicted molar refractivity (Wildman–Crippen MR) is 83.2 cm³/mol. The van der Waals surface area contributed by atoms with E-state index >= 15 is 0 Å². The second kappa shape index (κ2) is 6.58. The van der Waals surface area contributed by atoms with Crippen molar-refractivity contribution in [3.8, 4) is 0 Å². The number of thiophene rings is 1. The van der Waals surface area contributed by atoms with E-state index in [9.17, 15) is 9.18 Å². The Kier molecular flexibility index (Phi) is 4.80. The number of nitrogens with zero attached hydrogens (tertiary/aromatic N) is 1. The number of halogens is 1. The molecule has 2 aromatic rings. The van der Waals surface area contributed by atoms with Gasteiger partial charge in [-0.25, -0.2) is 9.18 Å². The van der Waals surface area contributed by atoms with Gasteiger partial charge in [0.2, 0.25) is 0 Å². The van der Waals surface area contributed by atoms with Crippen LogP contribution in [-0.4, -0.2) is 19.6 Å². The molecule has 112 valence electrons. The molecule has 2 N–H and O–H groups in total. The number of nitrogen functional groups attached to an aromatic ring is 1. The SMILES string of the molecule is CCOC(=O)c1sc(N(C)Cc2cccc(F)c2)cc1N. The van der Waals surface area contributed by atoms with E-state index in [4.69, 9.17) is 10.5 Å². The molecular weight excluding hydrogens is 291 g/mol. The lowest BCUT2D eigenvalue weighted by Gasteiger charge is -2.16. The van der Waals surface area contributed by atoms with Gasteiger partial charge in [-0.15, -0.1) is 11.3 Å². The summed E-state index contributed by atoms with van der Waals surface area (Å²) in [7, 11) is 1.87. The minimum atomic E-state index is -0.412. The Morgan fingerprint density at radius 1 is 1.43 bits per heavy atom. The molecule has 0 amide bonds. The van der Waals surface area contributed by atoms with Crippen LogP contribution in [0.15, 0.2) is 30.3 Å². The zero-order valence-corrected chi connectivity index (χ0v) is 12.7. The molecule has 0 atom stereocenters. The summed E-state index contributed by atoms with van der Waals surface area (Å²) in [6, 6.07) is 8.15. The summed E-state index contributed by atoms with van der Waals surface area (Å²) in [5.41, 5.74) is 7.10. The summed E-state index contributed by atoms with van der Waals surface area (Å²) >= 11 is 1.27. The lowest BCUT2D eigenvalue weighted by molar-refractivity contribution is 0.0533. The monoisotopic (exact) mass is 308 g/mol. The molecule has 0 aliphatic rings. The van der Waals surface area contributed by atoms with Crippen molar-refractivity contribution in [3.63, 3.8) is 0 Å². The fraction of sp³-hybridized carbons (Fsp3) is 0.267. The third-order valence-corrected chi connectivity index (χ3v) is 4.14. The average Bonchev–Trinajstić information content (AvgIpc) is 2.81. The molecule has 21 heavy (non-hydrogen) atoms. The van der Waals surface area contributed by atoms with E-state index in [0.29, 0.717) is 23.7 Å². The molecule has 0 saturated carbocycles. The first-order valence-electron chi connectivity index (χ1n) is 6.53. The lowest BCUT2D eigenvalue weighted by atomic mass is 10.2. The fourth-order valence-corrected chi connectivity index (χ4v) is 2.86. The van der Waals surface area contributed by atoms with Crippen molar-refractivity contribution in [3.05, 3.63) is 46.6 Å². The van der Waals surface area contributed by atoms with Crippen LogP contribution in [-0.2, 0) is 11.3 Å². The minimum Gasteiger partial charge on any atom is -0.462 e. The van der Waals surface area contributed by atoms with Crippen molar-refractivity contribution in [2.45, 2.75) is 13.5 Å². The molecule has 0 spiro atoms. The van der Waals surface area contributed by atoms with E-state index in [1.165, 1.54) is 23.5 Å². The summed E-state index contributed by atoms with van der Waals surface area (Å²) in [5.74, 6) is -0.677. The van der Waals surface area contributed by atoms with Crippen LogP contribution in [0.5, 0.6) is 0 Å². The minimum absolute atomic E-state index is 0.265. The Hall–Kier alpha value is -2.08. The zero-order valence-electron chi connectivity index (χ0n) is 11.9. The quantitative estimate of drug-likeness (QED) is 0.861. The molecule has 6 heteroatoms. The third kappa shape index (κ3) is 3.72. The van der Waals surface area contributed by atoms with E-state index in [2.05, 4.69) is 0 Å². The summed E-state index contributed by atoms with van der Waals surface area (Å²) in [4.78, 5) is 14.1. The van der Waals surface area contributed by atoms with E-state index in [1.54, 1.807) is 19.1 Å². The van der Waals surface area contributed by atoms with E-state index < -0.39 is 5.97 Å². The molecule has 0 aliphatic heterocycles. The Balaban J connectivity index is 2.14. The van der Waals surface area contributed by atoms with Crippen molar-refractivity contribution < 1.29 is 13.9 Å². The highest BCUT2D eigenvalue weighted by atomic mass is 32.1. The predicted octanol–water partition coefficient (Wildman–Crippen LogP) is 3.28. The van der Waals surface area contributed by atoms with Gasteiger partial charge >= 0.3 is 5.97 Å². The molecule has 1 aromatic heterocycles. The Morgan fingerprint density at radius 2 is 2.19 bits per heavy atom. The molecule has 0 fully saturated rings. The molecule has 0 radical (unpaired) electrons. The summed E-state index contributed by atoms with van der Waals surface area (Å²) in [6.07, 6.45) is 0. The van der Waals surface area contributed by atoms with Gasteiger partial charge in [0.05, 0.1) is 17.3 Å². The number of esters is 1. The number of nitrogens with two attached hydrogens (primary N) is 1. The van der Waals surface area contributed by atoms with E-state index in [1.807, 2.05) is 18.0 Å².